The molecule has 0 aliphatic rings. The first-order valence-electron chi connectivity index (χ1n) is 5.63. The lowest BCUT2D eigenvalue weighted by Crippen LogP contribution is -2.17. The molecular formula is C13H15N3O2. The Balaban J connectivity index is 2.23. The van der Waals surface area contributed by atoms with Crippen molar-refractivity contribution in [2.75, 3.05) is 19.0 Å². The maximum absolute atomic E-state index is 11.1. The Hall–Kier alpha value is -2.30. The monoisotopic (exact) mass is 245 g/mol. The molecule has 94 valence electrons. The van der Waals surface area contributed by atoms with E-state index in [4.69, 9.17) is 0 Å². The van der Waals surface area contributed by atoms with E-state index >= 15 is 0 Å². The first-order valence-corrected chi connectivity index (χ1v) is 5.63. The molecule has 0 spiro atoms. The van der Waals surface area contributed by atoms with Crippen LogP contribution in [0.25, 0.3) is 5.69 Å². The molecule has 1 aromatic heterocycles. The summed E-state index contributed by atoms with van der Waals surface area (Å²) in [6, 6.07) is 11.6. The average molecular weight is 245 g/mol. The molecule has 0 saturated carbocycles. The van der Waals surface area contributed by atoms with Crippen molar-refractivity contribution < 1.29 is 9.53 Å². The lowest BCUT2D eigenvalue weighted by atomic mass is 10.3. The summed E-state index contributed by atoms with van der Waals surface area (Å²) in [6.07, 6.45) is 0. The van der Waals surface area contributed by atoms with E-state index in [2.05, 4.69) is 15.2 Å². The highest BCUT2D eigenvalue weighted by atomic mass is 16.5. The summed E-state index contributed by atoms with van der Waals surface area (Å²) in [6.45, 7) is 2.03. The van der Waals surface area contributed by atoms with Gasteiger partial charge in [-0.05, 0) is 19.1 Å². The molecule has 0 atom stereocenters. The third-order valence-electron chi connectivity index (χ3n) is 2.47. The van der Waals surface area contributed by atoms with Crippen LogP contribution in [0, 0.1) is 6.92 Å². The molecule has 0 aliphatic heterocycles. The highest BCUT2D eigenvalue weighted by molar-refractivity contribution is 5.74. The third kappa shape index (κ3) is 2.68. The van der Waals surface area contributed by atoms with Gasteiger partial charge in [-0.2, -0.15) is 5.10 Å². The molecular weight excluding hydrogens is 230 g/mol. The highest BCUT2D eigenvalue weighted by Crippen LogP contribution is 2.16. The lowest BCUT2D eigenvalue weighted by molar-refractivity contribution is -0.138. The van der Waals surface area contributed by atoms with E-state index in [1.54, 1.807) is 4.68 Å². The number of benzene rings is 1. The number of aryl methyl sites for hydroxylation is 1. The number of aromatic nitrogens is 2. The number of carbonyl (C=O) groups excluding carboxylic acids is 1. The molecule has 1 heterocycles. The highest BCUT2D eigenvalue weighted by Gasteiger charge is 2.08. The van der Waals surface area contributed by atoms with Gasteiger partial charge in [-0.15, -0.1) is 0 Å². The van der Waals surface area contributed by atoms with Gasteiger partial charge in [-0.1, -0.05) is 18.2 Å². The van der Waals surface area contributed by atoms with Crippen molar-refractivity contribution in [1.82, 2.24) is 9.78 Å². The number of esters is 1. The van der Waals surface area contributed by atoms with Crippen molar-refractivity contribution in [1.29, 1.82) is 0 Å². The van der Waals surface area contributed by atoms with E-state index < -0.39 is 0 Å². The Bertz CT molecular complexity index is 534. The predicted molar refractivity (Wildman–Crippen MR) is 68.8 cm³/mol. The fourth-order valence-electron chi connectivity index (χ4n) is 1.63. The minimum atomic E-state index is -0.312. The van der Waals surface area contributed by atoms with Gasteiger partial charge in [-0.25, -0.2) is 4.68 Å². The zero-order valence-electron chi connectivity index (χ0n) is 10.4. The van der Waals surface area contributed by atoms with E-state index in [1.165, 1.54) is 7.11 Å². The van der Waals surface area contributed by atoms with Gasteiger partial charge in [0.2, 0.25) is 0 Å². The van der Waals surface area contributed by atoms with E-state index in [0.717, 1.165) is 17.2 Å². The zero-order chi connectivity index (χ0) is 13.0. The van der Waals surface area contributed by atoms with Crippen LogP contribution >= 0.6 is 0 Å². The molecule has 18 heavy (non-hydrogen) atoms. The summed E-state index contributed by atoms with van der Waals surface area (Å²) in [5.41, 5.74) is 1.82. The van der Waals surface area contributed by atoms with Gasteiger partial charge >= 0.3 is 5.97 Å². The van der Waals surface area contributed by atoms with Crippen molar-refractivity contribution in [3.63, 3.8) is 0 Å². The van der Waals surface area contributed by atoms with Crippen molar-refractivity contribution in [2.24, 2.45) is 0 Å². The Labute approximate surface area is 105 Å². The Morgan fingerprint density at radius 1 is 1.39 bits per heavy atom. The van der Waals surface area contributed by atoms with Gasteiger partial charge < -0.3 is 10.1 Å². The third-order valence-corrected chi connectivity index (χ3v) is 2.47. The maximum Gasteiger partial charge on any atom is 0.325 e. The Morgan fingerprint density at radius 3 is 2.78 bits per heavy atom. The first kappa shape index (κ1) is 12.2. The van der Waals surface area contributed by atoms with Crippen LogP contribution in [-0.4, -0.2) is 29.4 Å². The molecule has 0 bridgehead atoms. The molecule has 0 saturated heterocycles. The van der Waals surface area contributed by atoms with Gasteiger partial charge in [0, 0.05) is 6.07 Å². The van der Waals surface area contributed by atoms with Crippen LogP contribution in [-0.2, 0) is 9.53 Å². The fraction of sp³-hybridized carbons (Fsp3) is 0.231. The smallest absolute Gasteiger partial charge is 0.325 e. The second kappa shape index (κ2) is 5.35. The molecule has 2 rings (SSSR count). The Kier molecular flexibility index (Phi) is 3.62. The average Bonchev–Trinajstić information content (AvgIpc) is 2.78. The summed E-state index contributed by atoms with van der Waals surface area (Å²) in [4.78, 5) is 11.1. The largest absolute Gasteiger partial charge is 0.468 e. The summed E-state index contributed by atoms with van der Waals surface area (Å²) >= 11 is 0. The molecule has 1 N–H and O–H groups in total. The number of anilines is 1. The quantitative estimate of drug-likeness (QED) is 0.834. The minimum Gasteiger partial charge on any atom is -0.468 e. The molecule has 0 amide bonds. The lowest BCUT2D eigenvalue weighted by Gasteiger charge is -2.08. The van der Waals surface area contributed by atoms with Gasteiger partial charge in [-0.3, -0.25) is 4.79 Å². The van der Waals surface area contributed by atoms with Crippen molar-refractivity contribution >= 4 is 11.8 Å². The number of ether oxygens (including phenoxy) is 1. The van der Waals surface area contributed by atoms with E-state index in [0.29, 0.717) is 0 Å². The van der Waals surface area contributed by atoms with Crippen LogP contribution in [0.1, 0.15) is 5.69 Å². The van der Waals surface area contributed by atoms with E-state index in [-0.39, 0.29) is 12.5 Å². The van der Waals surface area contributed by atoms with Gasteiger partial charge in [0.15, 0.2) is 0 Å². The molecule has 5 heteroatoms. The normalized spacial score (nSPS) is 10.1. The van der Waals surface area contributed by atoms with Crippen LogP contribution in [0.5, 0.6) is 0 Å². The van der Waals surface area contributed by atoms with Crippen molar-refractivity contribution in [2.45, 2.75) is 6.92 Å². The number of carbonyl (C=O) groups is 1. The second-order valence-electron chi connectivity index (χ2n) is 3.85. The SMILES string of the molecule is COC(=O)CNc1cc(C)nn1-c1ccccc1. The van der Waals surface area contributed by atoms with Gasteiger partial charge in [0.25, 0.3) is 0 Å². The van der Waals surface area contributed by atoms with Crippen LogP contribution < -0.4 is 5.32 Å². The van der Waals surface area contributed by atoms with E-state index in [9.17, 15) is 4.79 Å². The van der Waals surface area contributed by atoms with Crippen LogP contribution in [0.15, 0.2) is 36.4 Å². The number of para-hydroxylation sites is 1. The number of nitrogens with zero attached hydrogens (tertiary/aromatic N) is 2. The molecule has 0 aliphatic carbocycles. The molecule has 5 nitrogen and oxygen atoms in total. The van der Waals surface area contributed by atoms with Crippen molar-refractivity contribution in [3.05, 3.63) is 42.1 Å². The van der Waals surface area contributed by atoms with Gasteiger partial charge in [0.05, 0.1) is 18.5 Å². The first-order chi connectivity index (χ1) is 8.70. The van der Waals surface area contributed by atoms with Gasteiger partial charge in [0.1, 0.15) is 12.4 Å². The van der Waals surface area contributed by atoms with Crippen molar-refractivity contribution in [3.8, 4) is 5.69 Å². The standard InChI is InChI=1S/C13H15N3O2/c1-10-8-12(14-9-13(17)18-2)16(15-10)11-6-4-3-5-7-11/h3-8,14H,9H2,1-2H3. The molecule has 1 aromatic carbocycles. The number of hydrogen-bond acceptors (Lipinski definition) is 4. The number of nitrogens with one attached hydrogen (secondary N) is 1. The maximum atomic E-state index is 11.1. The summed E-state index contributed by atoms with van der Waals surface area (Å²) in [5, 5.41) is 7.40. The topological polar surface area (TPSA) is 56.1 Å². The van der Waals surface area contributed by atoms with E-state index in [1.807, 2.05) is 43.3 Å². The zero-order valence-corrected chi connectivity index (χ0v) is 10.4. The summed E-state index contributed by atoms with van der Waals surface area (Å²) < 4.78 is 6.36. The molecule has 0 fully saturated rings. The number of rotatable bonds is 4. The van der Waals surface area contributed by atoms with Crippen LogP contribution in [0.3, 0.4) is 0 Å². The Morgan fingerprint density at radius 2 is 2.11 bits per heavy atom. The minimum absolute atomic E-state index is 0.120. The second-order valence-corrected chi connectivity index (χ2v) is 3.85. The number of hydrogen-bond donors (Lipinski definition) is 1. The molecule has 0 radical (unpaired) electrons. The predicted octanol–water partition coefficient (Wildman–Crippen LogP) is 1.77. The molecule has 2 aromatic rings. The summed E-state index contributed by atoms with van der Waals surface area (Å²) in [7, 11) is 1.36. The molecule has 0 unspecified atom stereocenters. The fourth-order valence-corrected chi connectivity index (χ4v) is 1.63. The van der Waals surface area contributed by atoms with Crippen LogP contribution in [0.4, 0.5) is 5.82 Å². The summed E-state index contributed by atoms with van der Waals surface area (Å²) in [5.74, 6) is 0.456. The number of methoxy groups -OCH3 is 1. The van der Waals surface area contributed by atoms with Crippen LogP contribution in [0.2, 0.25) is 0 Å².